The van der Waals surface area contributed by atoms with Crippen LogP contribution in [0.5, 0.6) is 0 Å². The summed E-state index contributed by atoms with van der Waals surface area (Å²) in [6, 6.07) is 14.6. The molecule has 0 atom stereocenters. The molecule has 2 rings (SSSR count). The van der Waals surface area contributed by atoms with E-state index in [-0.39, 0.29) is 11.9 Å². The molecule has 7 nitrogen and oxygen atoms in total. The summed E-state index contributed by atoms with van der Waals surface area (Å²) in [5, 5.41) is 8.51. The standard InChI is InChI=1S/C22H30N4O3/c1-4-29-14-8-13-23-21(27)19-15-18(11-12-20(19)26(2)3)25-22(28)24-16-17-9-6-5-7-10-17/h5-7,9-12,15H,4,8,13-14,16H2,1-3H3,(H,23,27)(H2,24,25,28). The molecule has 0 radical (unpaired) electrons. The summed E-state index contributed by atoms with van der Waals surface area (Å²) in [5.41, 5.74) is 2.85. The number of nitrogens with zero attached hydrogens (tertiary/aromatic N) is 1. The molecule has 0 aliphatic carbocycles. The minimum Gasteiger partial charge on any atom is -0.382 e. The van der Waals surface area contributed by atoms with Crippen LogP contribution in [-0.2, 0) is 11.3 Å². The van der Waals surface area contributed by atoms with Crippen LogP contribution >= 0.6 is 0 Å². The van der Waals surface area contributed by atoms with Gasteiger partial charge in [-0.05, 0) is 37.1 Å². The SMILES string of the molecule is CCOCCCNC(=O)c1cc(NC(=O)NCc2ccccc2)ccc1N(C)C. The van der Waals surface area contributed by atoms with E-state index < -0.39 is 0 Å². The molecule has 2 aromatic carbocycles. The number of carbonyl (C=O) groups is 2. The minimum absolute atomic E-state index is 0.182. The number of urea groups is 1. The molecule has 0 bridgehead atoms. The molecule has 29 heavy (non-hydrogen) atoms. The number of nitrogens with one attached hydrogen (secondary N) is 3. The van der Waals surface area contributed by atoms with E-state index in [1.165, 1.54) is 0 Å². The van der Waals surface area contributed by atoms with Gasteiger partial charge in [0.15, 0.2) is 0 Å². The second kappa shape index (κ2) is 11.7. The number of ether oxygens (including phenoxy) is 1. The van der Waals surface area contributed by atoms with Gasteiger partial charge in [-0.2, -0.15) is 0 Å². The zero-order chi connectivity index (χ0) is 21.1. The summed E-state index contributed by atoms with van der Waals surface area (Å²) < 4.78 is 5.29. The van der Waals surface area contributed by atoms with Crippen molar-refractivity contribution < 1.29 is 14.3 Å². The quantitative estimate of drug-likeness (QED) is 0.537. The van der Waals surface area contributed by atoms with Crippen LogP contribution in [0.1, 0.15) is 29.3 Å². The van der Waals surface area contributed by atoms with Crippen LogP contribution < -0.4 is 20.9 Å². The normalized spacial score (nSPS) is 10.3. The fourth-order valence-electron chi connectivity index (χ4n) is 2.75. The van der Waals surface area contributed by atoms with E-state index in [9.17, 15) is 9.59 Å². The number of amides is 3. The number of anilines is 2. The van der Waals surface area contributed by atoms with E-state index in [0.717, 1.165) is 17.7 Å². The second-order valence-corrected chi connectivity index (χ2v) is 6.73. The monoisotopic (exact) mass is 398 g/mol. The van der Waals surface area contributed by atoms with Gasteiger partial charge < -0.3 is 25.6 Å². The number of rotatable bonds is 10. The molecule has 0 fully saturated rings. The van der Waals surface area contributed by atoms with E-state index in [1.807, 2.05) is 62.3 Å². The van der Waals surface area contributed by atoms with Crippen molar-refractivity contribution >= 4 is 23.3 Å². The zero-order valence-corrected chi connectivity index (χ0v) is 17.3. The Labute approximate surface area is 172 Å². The first-order valence-corrected chi connectivity index (χ1v) is 9.77. The Hall–Kier alpha value is -3.06. The maximum atomic E-state index is 12.6. The molecule has 0 aromatic heterocycles. The zero-order valence-electron chi connectivity index (χ0n) is 17.3. The van der Waals surface area contributed by atoms with E-state index in [1.54, 1.807) is 12.1 Å². The van der Waals surface area contributed by atoms with Crippen LogP contribution in [0.4, 0.5) is 16.2 Å². The molecule has 0 aliphatic heterocycles. The van der Waals surface area contributed by atoms with E-state index in [0.29, 0.717) is 37.6 Å². The lowest BCUT2D eigenvalue weighted by Gasteiger charge is -2.18. The fourth-order valence-corrected chi connectivity index (χ4v) is 2.75. The van der Waals surface area contributed by atoms with Crippen molar-refractivity contribution in [1.29, 1.82) is 0 Å². The lowest BCUT2D eigenvalue weighted by atomic mass is 10.1. The maximum absolute atomic E-state index is 12.6. The Kier molecular flexibility index (Phi) is 8.98. The third kappa shape index (κ3) is 7.46. The molecule has 156 valence electrons. The highest BCUT2D eigenvalue weighted by Gasteiger charge is 2.14. The van der Waals surface area contributed by atoms with Gasteiger partial charge in [-0.1, -0.05) is 30.3 Å². The Bertz CT molecular complexity index is 794. The highest BCUT2D eigenvalue weighted by atomic mass is 16.5. The topological polar surface area (TPSA) is 82.7 Å². The van der Waals surface area contributed by atoms with Gasteiger partial charge in [-0.25, -0.2) is 4.79 Å². The molecule has 0 heterocycles. The molecule has 2 aromatic rings. The van der Waals surface area contributed by atoms with Crippen LogP contribution in [0, 0.1) is 0 Å². The van der Waals surface area contributed by atoms with Gasteiger partial charge in [0.05, 0.1) is 5.56 Å². The highest BCUT2D eigenvalue weighted by molar-refractivity contribution is 6.01. The van der Waals surface area contributed by atoms with Gasteiger partial charge in [-0.3, -0.25) is 4.79 Å². The Balaban J connectivity index is 1.98. The van der Waals surface area contributed by atoms with Crippen molar-refractivity contribution in [3.8, 4) is 0 Å². The van der Waals surface area contributed by atoms with Crippen molar-refractivity contribution in [2.75, 3.05) is 44.1 Å². The van der Waals surface area contributed by atoms with Gasteiger partial charge >= 0.3 is 6.03 Å². The smallest absolute Gasteiger partial charge is 0.319 e. The molecule has 0 aliphatic rings. The van der Waals surface area contributed by atoms with Crippen LogP contribution in [-0.4, -0.2) is 45.8 Å². The van der Waals surface area contributed by atoms with E-state index >= 15 is 0 Å². The Morgan fingerprint density at radius 1 is 1.03 bits per heavy atom. The second-order valence-electron chi connectivity index (χ2n) is 6.73. The first-order chi connectivity index (χ1) is 14.0. The Morgan fingerprint density at radius 3 is 2.48 bits per heavy atom. The maximum Gasteiger partial charge on any atom is 0.319 e. The van der Waals surface area contributed by atoms with Crippen molar-refractivity contribution in [2.24, 2.45) is 0 Å². The predicted octanol–water partition coefficient (Wildman–Crippen LogP) is 3.23. The predicted molar refractivity (Wildman–Crippen MR) is 117 cm³/mol. The van der Waals surface area contributed by atoms with Crippen LogP contribution in [0.2, 0.25) is 0 Å². The van der Waals surface area contributed by atoms with Gasteiger partial charge in [0, 0.05) is 51.8 Å². The van der Waals surface area contributed by atoms with Crippen LogP contribution in [0.15, 0.2) is 48.5 Å². The van der Waals surface area contributed by atoms with Gasteiger partial charge in [0.25, 0.3) is 5.91 Å². The van der Waals surface area contributed by atoms with E-state index in [2.05, 4.69) is 16.0 Å². The van der Waals surface area contributed by atoms with Gasteiger partial charge in [0.1, 0.15) is 0 Å². The average molecular weight is 399 g/mol. The summed E-state index contributed by atoms with van der Waals surface area (Å²) in [6.07, 6.45) is 0.747. The summed E-state index contributed by atoms with van der Waals surface area (Å²) >= 11 is 0. The lowest BCUT2D eigenvalue weighted by Crippen LogP contribution is -2.29. The molecule has 0 saturated carbocycles. The van der Waals surface area contributed by atoms with Crippen LogP contribution in [0.3, 0.4) is 0 Å². The first kappa shape index (κ1) is 22.2. The number of benzene rings is 2. The lowest BCUT2D eigenvalue weighted by molar-refractivity contribution is 0.0944. The van der Waals surface area contributed by atoms with Gasteiger partial charge in [0.2, 0.25) is 0 Å². The minimum atomic E-state index is -0.325. The van der Waals surface area contributed by atoms with Crippen molar-refractivity contribution in [3.63, 3.8) is 0 Å². The summed E-state index contributed by atoms with van der Waals surface area (Å²) in [7, 11) is 3.75. The molecule has 7 heteroatoms. The first-order valence-electron chi connectivity index (χ1n) is 9.77. The van der Waals surface area contributed by atoms with Crippen LogP contribution in [0.25, 0.3) is 0 Å². The van der Waals surface area contributed by atoms with Gasteiger partial charge in [-0.15, -0.1) is 0 Å². The molecule has 3 N–H and O–H groups in total. The molecular weight excluding hydrogens is 368 g/mol. The average Bonchev–Trinajstić information content (AvgIpc) is 2.72. The van der Waals surface area contributed by atoms with Crippen molar-refractivity contribution in [1.82, 2.24) is 10.6 Å². The summed E-state index contributed by atoms with van der Waals surface area (Å²) in [5.74, 6) is -0.182. The molecule has 0 unspecified atom stereocenters. The largest absolute Gasteiger partial charge is 0.382 e. The molecule has 3 amide bonds. The third-order valence-electron chi connectivity index (χ3n) is 4.23. The fraction of sp³-hybridized carbons (Fsp3) is 0.364. The highest BCUT2D eigenvalue weighted by Crippen LogP contribution is 2.23. The summed E-state index contributed by atoms with van der Waals surface area (Å²) in [4.78, 5) is 26.7. The van der Waals surface area contributed by atoms with E-state index in [4.69, 9.17) is 4.74 Å². The number of hydrogen-bond donors (Lipinski definition) is 3. The Morgan fingerprint density at radius 2 is 1.79 bits per heavy atom. The number of carbonyl (C=O) groups excluding carboxylic acids is 2. The summed E-state index contributed by atoms with van der Waals surface area (Å²) in [6.45, 7) is 4.17. The molecule has 0 saturated heterocycles. The molecular formula is C22H30N4O3. The number of hydrogen-bond acceptors (Lipinski definition) is 4. The van der Waals surface area contributed by atoms with Crippen molar-refractivity contribution in [2.45, 2.75) is 19.9 Å². The molecule has 0 spiro atoms. The third-order valence-corrected chi connectivity index (χ3v) is 4.23. The van der Waals surface area contributed by atoms with Crippen molar-refractivity contribution in [3.05, 3.63) is 59.7 Å².